The summed E-state index contributed by atoms with van der Waals surface area (Å²) in [6, 6.07) is 1.76. The van der Waals surface area contributed by atoms with Crippen LogP contribution in [0, 0.1) is 5.92 Å². The summed E-state index contributed by atoms with van der Waals surface area (Å²) in [7, 11) is 0. The third-order valence-corrected chi connectivity index (χ3v) is 4.67. The number of nitrogens with one attached hydrogen (secondary N) is 1. The molecule has 1 aliphatic heterocycles. The average Bonchev–Trinajstić information content (AvgIpc) is 2.97. The molecular weight excluding hydrogens is 363 g/mol. The first kappa shape index (κ1) is 18.9. The Morgan fingerprint density at radius 3 is 2.78 bits per heavy atom. The summed E-state index contributed by atoms with van der Waals surface area (Å²) < 4.78 is 39.0. The second-order valence-corrected chi connectivity index (χ2v) is 6.81. The van der Waals surface area contributed by atoms with Gasteiger partial charge in [0.1, 0.15) is 6.54 Å². The summed E-state index contributed by atoms with van der Waals surface area (Å²) in [4.78, 5) is 24.5. The number of alkyl halides is 3. The van der Waals surface area contributed by atoms with Gasteiger partial charge in [0.15, 0.2) is 0 Å². The normalized spacial score (nSPS) is 17.7. The minimum absolute atomic E-state index is 0.0518. The second-order valence-electron chi connectivity index (χ2n) is 6.81. The van der Waals surface area contributed by atoms with Gasteiger partial charge in [-0.15, -0.1) is 0 Å². The Morgan fingerprint density at radius 1 is 1.48 bits per heavy atom. The van der Waals surface area contributed by atoms with Crippen molar-refractivity contribution < 1.29 is 27.9 Å². The Hall–Kier alpha value is -2.84. The molecule has 1 aliphatic rings. The Bertz CT molecular complexity index is 933. The molecule has 9 heteroatoms. The number of halogens is 3. The highest BCUT2D eigenvalue weighted by molar-refractivity contribution is 5.94. The fourth-order valence-electron chi connectivity index (χ4n) is 3.53. The fourth-order valence-corrected chi connectivity index (χ4v) is 3.53. The predicted molar refractivity (Wildman–Crippen MR) is 91.7 cm³/mol. The van der Waals surface area contributed by atoms with Crippen molar-refractivity contribution in [3.63, 3.8) is 0 Å². The molecule has 1 aromatic carbocycles. The zero-order chi connectivity index (χ0) is 19.9. The quantitative estimate of drug-likeness (QED) is 0.852. The number of carbonyl (C=O) groups excluding carboxylic acids is 1. The minimum atomic E-state index is -4.58. The number of rotatable bonds is 4. The number of carboxylic acid groups (broad SMARTS) is 1. The molecule has 3 rings (SSSR count). The van der Waals surface area contributed by atoms with Gasteiger partial charge in [0.25, 0.3) is 0 Å². The first-order valence-corrected chi connectivity index (χ1v) is 8.28. The highest BCUT2D eigenvalue weighted by Crippen LogP contribution is 2.35. The van der Waals surface area contributed by atoms with Crippen LogP contribution in [0.15, 0.2) is 18.8 Å². The van der Waals surface area contributed by atoms with Gasteiger partial charge in [-0.25, -0.2) is 0 Å². The van der Waals surface area contributed by atoms with Gasteiger partial charge in [-0.3, -0.25) is 14.7 Å². The number of nitrogens with zero attached hydrogens (tertiary/aromatic N) is 2. The van der Waals surface area contributed by atoms with Crippen molar-refractivity contribution in [2.24, 2.45) is 5.92 Å². The van der Waals surface area contributed by atoms with Crippen molar-refractivity contribution >= 4 is 28.4 Å². The third kappa shape index (κ3) is 3.81. The van der Waals surface area contributed by atoms with Crippen LogP contribution < -0.4 is 0 Å². The van der Waals surface area contributed by atoms with E-state index < -0.39 is 36.9 Å². The summed E-state index contributed by atoms with van der Waals surface area (Å²) in [5.41, 5.74) is 3.30. The maximum absolute atomic E-state index is 13.0. The molecule has 2 aromatic rings. The first-order chi connectivity index (χ1) is 12.6. The summed E-state index contributed by atoms with van der Waals surface area (Å²) in [5.74, 6) is -3.10. The molecule has 1 amide bonds. The van der Waals surface area contributed by atoms with Crippen LogP contribution in [0.1, 0.15) is 30.0 Å². The number of hydrogen-bond acceptors (Lipinski definition) is 3. The van der Waals surface area contributed by atoms with Crippen LogP contribution in [0.3, 0.4) is 0 Å². The molecular formula is C18H18F3N3O3. The van der Waals surface area contributed by atoms with E-state index in [9.17, 15) is 22.8 Å². The molecule has 0 saturated heterocycles. The van der Waals surface area contributed by atoms with Gasteiger partial charge in [-0.2, -0.15) is 18.3 Å². The molecule has 0 spiro atoms. The predicted octanol–water partition coefficient (Wildman–Crippen LogP) is 3.13. The summed E-state index contributed by atoms with van der Waals surface area (Å²) >= 11 is 0. The zero-order valence-corrected chi connectivity index (χ0v) is 14.6. The lowest BCUT2D eigenvalue weighted by Crippen LogP contribution is -2.41. The topological polar surface area (TPSA) is 86.3 Å². The van der Waals surface area contributed by atoms with Crippen LogP contribution >= 0.6 is 0 Å². The third-order valence-electron chi connectivity index (χ3n) is 4.67. The van der Waals surface area contributed by atoms with E-state index in [4.69, 9.17) is 5.11 Å². The second kappa shape index (κ2) is 6.71. The lowest BCUT2D eigenvalue weighted by molar-refractivity contribution is -0.165. The van der Waals surface area contributed by atoms with Crippen molar-refractivity contribution in [2.75, 3.05) is 6.54 Å². The largest absolute Gasteiger partial charge is 0.481 e. The van der Waals surface area contributed by atoms with Crippen LogP contribution in [-0.4, -0.2) is 44.8 Å². The fraction of sp³-hybridized carbons (Fsp3) is 0.389. The molecule has 1 atom stereocenters. The maximum Gasteiger partial charge on any atom is 0.406 e. The highest BCUT2D eigenvalue weighted by Gasteiger charge is 2.38. The summed E-state index contributed by atoms with van der Waals surface area (Å²) in [6.07, 6.45) is -3.55. The molecule has 1 unspecified atom stereocenters. The Labute approximate surface area is 152 Å². The Balaban J connectivity index is 2.16. The van der Waals surface area contributed by atoms with E-state index in [-0.39, 0.29) is 13.0 Å². The van der Waals surface area contributed by atoms with Gasteiger partial charge in [-0.05, 0) is 36.1 Å². The number of carboxylic acids is 1. The van der Waals surface area contributed by atoms with Crippen LogP contribution in [0.5, 0.6) is 0 Å². The van der Waals surface area contributed by atoms with E-state index >= 15 is 0 Å². The number of hydrogen-bond donors (Lipinski definition) is 2. The summed E-state index contributed by atoms with van der Waals surface area (Å²) in [5, 5.41) is 16.5. The number of aromatic amines is 1. The standard InChI is InChI=1S/C18H18F3N3O3/c1-9(2)12-4-10-3-11(5-15(25)26)17(27)24(8-18(19,20)21)7-14(10)13-6-22-23-16(12)13/h4,6,11H,1,3,5,7-8H2,2H3,(H,22,23)(H,25,26). The van der Waals surface area contributed by atoms with Crippen molar-refractivity contribution in [2.45, 2.75) is 32.5 Å². The number of carbonyl (C=O) groups is 2. The Morgan fingerprint density at radius 2 is 2.19 bits per heavy atom. The Kier molecular flexibility index (Phi) is 4.71. The molecule has 0 saturated carbocycles. The van der Waals surface area contributed by atoms with E-state index in [1.54, 1.807) is 13.0 Å². The molecule has 0 fully saturated rings. The molecule has 1 aromatic heterocycles. The lowest BCUT2D eigenvalue weighted by atomic mass is 9.90. The van der Waals surface area contributed by atoms with Gasteiger partial charge in [-0.1, -0.05) is 6.58 Å². The number of allylic oxidation sites excluding steroid dienone is 1. The van der Waals surface area contributed by atoms with E-state index in [1.807, 2.05) is 0 Å². The molecule has 0 radical (unpaired) electrons. The molecule has 27 heavy (non-hydrogen) atoms. The number of aromatic nitrogens is 2. The zero-order valence-electron chi connectivity index (χ0n) is 14.6. The van der Waals surface area contributed by atoms with Crippen LogP contribution in [-0.2, 0) is 22.6 Å². The van der Waals surface area contributed by atoms with Crippen molar-refractivity contribution in [3.8, 4) is 0 Å². The number of benzene rings is 1. The van der Waals surface area contributed by atoms with E-state index in [2.05, 4.69) is 16.8 Å². The first-order valence-electron chi connectivity index (χ1n) is 8.28. The smallest absolute Gasteiger partial charge is 0.406 e. The van der Waals surface area contributed by atoms with Crippen molar-refractivity contribution in [1.82, 2.24) is 15.1 Å². The molecule has 2 heterocycles. The van der Waals surface area contributed by atoms with E-state index in [0.717, 1.165) is 11.1 Å². The van der Waals surface area contributed by atoms with Gasteiger partial charge in [0, 0.05) is 17.5 Å². The number of H-pyrrole nitrogens is 1. The molecule has 6 nitrogen and oxygen atoms in total. The van der Waals surface area contributed by atoms with Crippen LogP contribution in [0.25, 0.3) is 16.5 Å². The van der Waals surface area contributed by atoms with Crippen LogP contribution in [0.4, 0.5) is 13.2 Å². The van der Waals surface area contributed by atoms with E-state index in [0.29, 0.717) is 26.9 Å². The highest BCUT2D eigenvalue weighted by atomic mass is 19.4. The van der Waals surface area contributed by atoms with Gasteiger partial charge >= 0.3 is 12.1 Å². The monoisotopic (exact) mass is 381 g/mol. The van der Waals surface area contributed by atoms with Gasteiger partial charge in [0.2, 0.25) is 5.91 Å². The van der Waals surface area contributed by atoms with Gasteiger partial charge in [0.05, 0.1) is 24.1 Å². The van der Waals surface area contributed by atoms with E-state index in [1.165, 1.54) is 6.20 Å². The lowest BCUT2D eigenvalue weighted by Gasteiger charge is -2.25. The summed E-state index contributed by atoms with van der Waals surface area (Å²) in [6.45, 7) is 4.01. The number of fused-ring (bicyclic) bond motifs is 3. The average molecular weight is 381 g/mol. The van der Waals surface area contributed by atoms with Crippen LogP contribution in [0.2, 0.25) is 0 Å². The SMILES string of the molecule is C=C(C)c1cc2c(c3cn[nH]c13)CN(CC(F)(F)F)C(=O)C(CC(=O)O)C2. The number of amides is 1. The molecule has 144 valence electrons. The van der Waals surface area contributed by atoms with Crippen molar-refractivity contribution in [3.05, 3.63) is 35.5 Å². The molecule has 2 N–H and O–H groups in total. The number of aliphatic carboxylic acids is 1. The van der Waals surface area contributed by atoms with Crippen molar-refractivity contribution in [1.29, 1.82) is 0 Å². The molecule has 0 aliphatic carbocycles. The van der Waals surface area contributed by atoms with Gasteiger partial charge < -0.3 is 10.0 Å². The molecule has 0 bridgehead atoms. The minimum Gasteiger partial charge on any atom is -0.481 e. The maximum atomic E-state index is 13.0.